The van der Waals surface area contributed by atoms with Gasteiger partial charge < -0.3 is 7.59 Å². The van der Waals surface area contributed by atoms with Gasteiger partial charge in [-0.3, -0.25) is 4.79 Å². The standard InChI is InChI=1S/C6H10O2S.2Na.2H/c1-5(7)8-6(4-9)2-3-6;;;;/h9H,2-4H2,1H3;;;;/q;2*+1;2*-1. The number of thiol groups is 1. The number of hydrogen-bond donors (Lipinski definition) is 1. The fraction of sp³-hybridized carbons (Fsp3) is 0.833. The fourth-order valence-corrected chi connectivity index (χ4v) is 1.12. The molecule has 0 saturated heterocycles. The summed E-state index contributed by atoms with van der Waals surface area (Å²) in [7, 11) is 0. The van der Waals surface area contributed by atoms with Crippen LogP contribution in [0, 0.1) is 0 Å². The van der Waals surface area contributed by atoms with Gasteiger partial charge in [-0.25, -0.2) is 0 Å². The molecule has 0 aromatic heterocycles. The first kappa shape index (κ1) is 15.3. The Labute approximate surface area is 120 Å². The molecule has 56 valence electrons. The van der Waals surface area contributed by atoms with Gasteiger partial charge in [0.2, 0.25) is 0 Å². The van der Waals surface area contributed by atoms with E-state index in [4.69, 9.17) is 4.74 Å². The molecule has 2 nitrogen and oxygen atoms in total. The van der Waals surface area contributed by atoms with Gasteiger partial charge in [-0.2, -0.15) is 12.6 Å². The van der Waals surface area contributed by atoms with E-state index in [9.17, 15) is 4.79 Å². The number of ether oxygens (including phenoxy) is 1. The zero-order chi connectivity index (χ0) is 6.91. The molecule has 0 heterocycles. The average Bonchev–Trinajstić information content (AvgIpc) is 2.48. The van der Waals surface area contributed by atoms with Gasteiger partial charge in [0.25, 0.3) is 0 Å². The largest absolute Gasteiger partial charge is 1.00 e. The van der Waals surface area contributed by atoms with E-state index in [0.29, 0.717) is 5.75 Å². The first-order valence-electron chi connectivity index (χ1n) is 2.99. The zero-order valence-corrected chi connectivity index (χ0v) is 12.3. The SMILES string of the molecule is CC(=O)OC1(CS)CC1.[H-].[H-].[Na+].[Na+]. The van der Waals surface area contributed by atoms with Gasteiger partial charge in [0.1, 0.15) is 5.60 Å². The summed E-state index contributed by atoms with van der Waals surface area (Å²) >= 11 is 4.06. The Bertz CT molecular complexity index is 145. The van der Waals surface area contributed by atoms with E-state index in [0.717, 1.165) is 12.8 Å². The normalized spacial score (nSPS) is 17.3. The second kappa shape index (κ2) is 6.30. The molecule has 0 radical (unpaired) electrons. The quantitative estimate of drug-likeness (QED) is 0.271. The number of esters is 1. The van der Waals surface area contributed by atoms with Crippen molar-refractivity contribution < 1.29 is 71.5 Å². The first-order valence-corrected chi connectivity index (χ1v) is 3.62. The van der Waals surface area contributed by atoms with Crippen LogP contribution in [0.15, 0.2) is 0 Å². The number of carbonyl (C=O) groups is 1. The van der Waals surface area contributed by atoms with Crippen molar-refractivity contribution in [3.63, 3.8) is 0 Å². The van der Waals surface area contributed by atoms with Gasteiger partial charge in [0, 0.05) is 12.7 Å². The van der Waals surface area contributed by atoms with Crippen molar-refractivity contribution in [2.45, 2.75) is 25.4 Å². The predicted molar refractivity (Wildman–Crippen MR) is 39.8 cm³/mol. The van der Waals surface area contributed by atoms with E-state index < -0.39 is 0 Å². The molecule has 1 aliphatic carbocycles. The minimum absolute atomic E-state index is 0. The van der Waals surface area contributed by atoms with Crippen molar-refractivity contribution >= 4 is 18.6 Å². The van der Waals surface area contributed by atoms with Gasteiger partial charge in [0.05, 0.1) is 0 Å². The van der Waals surface area contributed by atoms with Crippen LogP contribution in [0.1, 0.15) is 22.6 Å². The maximum Gasteiger partial charge on any atom is 1.00 e. The summed E-state index contributed by atoms with van der Waals surface area (Å²) in [6.07, 6.45) is 1.96. The molecule has 0 N–H and O–H groups in total. The molecule has 0 atom stereocenters. The minimum atomic E-state index is -0.193. The third-order valence-electron chi connectivity index (χ3n) is 1.46. The van der Waals surface area contributed by atoms with Crippen molar-refractivity contribution in [1.29, 1.82) is 0 Å². The van der Waals surface area contributed by atoms with Gasteiger partial charge in [-0.1, -0.05) is 0 Å². The Morgan fingerprint density at radius 3 is 2.18 bits per heavy atom. The van der Waals surface area contributed by atoms with E-state index in [2.05, 4.69) is 12.6 Å². The van der Waals surface area contributed by atoms with Crippen LogP contribution >= 0.6 is 12.6 Å². The topological polar surface area (TPSA) is 26.3 Å². The van der Waals surface area contributed by atoms with Crippen LogP contribution in [0.5, 0.6) is 0 Å². The van der Waals surface area contributed by atoms with Crippen LogP contribution in [-0.2, 0) is 9.53 Å². The smallest absolute Gasteiger partial charge is 1.00 e. The van der Waals surface area contributed by atoms with Crippen LogP contribution in [0.4, 0.5) is 0 Å². The molecule has 1 fully saturated rings. The average molecular weight is 194 g/mol. The number of carbonyl (C=O) groups excluding carboxylic acids is 1. The molecule has 1 aliphatic rings. The Kier molecular flexibility index (Phi) is 8.76. The number of hydrogen-bond acceptors (Lipinski definition) is 3. The summed E-state index contributed by atoms with van der Waals surface area (Å²) in [4.78, 5) is 10.4. The summed E-state index contributed by atoms with van der Waals surface area (Å²) in [5.41, 5.74) is -0.172. The summed E-state index contributed by atoms with van der Waals surface area (Å²) in [5, 5.41) is 0. The maximum atomic E-state index is 10.4. The maximum absolute atomic E-state index is 10.4. The monoisotopic (exact) mass is 194 g/mol. The van der Waals surface area contributed by atoms with Crippen LogP contribution < -0.4 is 59.1 Å². The Balaban J connectivity index is -0.000000101. The molecule has 0 unspecified atom stereocenters. The zero-order valence-electron chi connectivity index (χ0n) is 9.39. The Morgan fingerprint density at radius 1 is 1.64 bits per heavy atom. The van der Waals surface area contributed by atoms with E-state index in [1.54, 1.807) is 0 Å². The summed E-state index contributed by atoms with van der Waals surface area (Å²) in [5.74, 6) is 0.466. The molecule has 5 heteroatoms. The molecule has 0 aromatic rings. The molecule has 0 bridgehead atoms. The van der Waals surface area contributed by atoms with Crippen molar-refractivity contribution in [2.24, 2.45) is 0 Å². The van der Waals surface area contributed by atoms with Crippen molar-refractivity contribution in [3.8, 4) is 0 Å². The predicted octanol–water partition coefficient (Wildman–Crippen LogP) is -4.76. The molecule has 0 aliphatic heterocycles. The van der Waals surface area contributed by atoms with Gasteiger partial charge in [-0.15, -0.1) is 0 Å². The summed E-state index contributed by atoms with van der Waals surface area (Å²) < 4.78 is 4.98. The molecule has 11 heavy (non-hydrogen) atoms. The van der Waals surface area contributed by atoms with E-state index >= 15 is 0 Å². The third-order valence-corrected chi connectivity index (χ3v) is 2.03. The van der Waals surface area contributed by atoms with Crippen LogP contribution in [-0.4, -0.2) is 17.3 Å². The Morgan fingerprint density at radius 2 is 2.09 bits per heavy atom. The molecule has 1 saturated carbocycles. The molecule has 0 amide bonds. The van der Waals surface area contributed by atoms with E-state index in [-0.39, 0.29) is 73.5 Å². The van der Waals surface area contributed by atoms with Crippen LogP contribution in [0.25, 0.3) is 0 Å². The second-order valence-corrected chi connectivity index (χ2v) is 2.75. The van der Waals surface area contributed by atoms with Crippen molar-refractivity contribution in [2.75, 3.05) is 5.75 Å². The Hall–Kier alpha value is 1.82. The molecule has 0 aromatic carbocycles. The van der Waals surface area contributed by atoms with Gasteiger partial charge in [0.15, 0.2) is 0 Å². The molecule has 0 spiro atoms. The van der Waals surface area contributed by atoms with Crippen LogP contribution in [0.3, 0.4) is 0 Å². The van der Waals surface area contributed by atoms with E-state index in [1.165, 1.54) is 6.92 Å². The van der Waals surface area contributed by atoms with E-state index in [1.807, 2.05) is 0 Å². The second-order valence-electron chi connectivity index (χ2n) is 2.43. The summed E-state index contributed by atoms with van der Waals surface area (Å²) in [6, 6.07) is 0. The van der Waals surface area contributed by atoms with Crippen LogP contribution in [0.2, 0.25) is 0 Å². The minimum Gasteiger partial charge on any atom is -1.00 e. The van der Waals surface area contributed by atoms with Gasteiger partial charge >= 0.3 is 65.1 Å². The first-order chi connectivity index (χ1) is 4.18. The number of rotatable bonds is 2. The third kappa shape index (κ3) is 5.19. The van der Waals surface area contributed by atoms with Crippen molar-refractivity contribution in [3.05, 3.63) is 0 Å². The van der Waals surface area contributed by atoms with Gasteiger partial charge in [-0.05, 0) is 12.8 Å². The fourth-order valence-electron chi connectivity index (χ4n) is 0.737. The molecular weight excluding hydrogens is 182 g/mol. The molecule has 1 rings (SSSR count). The molecular formula is C6H12Na2O2S. The summed E-state index contributed by atoms with van der Waals surface area (Å²) in [6.45, 7) is 1.43. The van der Waals surface area contributed by atoms with Crippen molar-refractivity contribution in [1.82, 2.24) is 0 Å².